The van der Waals surface area contributed by atoms with Crippen LogP contribution in [0.1, 0.15) is 18.9 Å². The summed E-state index contributed by atoms with van der Waals surface area (Å²) in [5.74, 6) is -0.237. The summed E-state index contributed by atoms with van der Waals surface area (Å²) in [4.78, 5) is 15.3. The second kappa shape index (κ2) is 6.43. The highest BCUT2D eigenvalue weighted by molar-refractivity contribution is 9.10. The van der Waals surface area contributed by atoms with Crippen molar-refractivity contribution in [2.24, 2.45) is 4.99 Å². The Morgan fingerprint density at radius 1 is 1.62 bits per heavy atom. The summed E-state index contributed by atoms with van der Waals surface area (Å²) in [7, 11) is 1.38. The number of esters is 1. The van der Waals surface area contributed by atoms with Gasteiger partial charge in [-0.25, -0.2) is 0 Å². The molecular formula is C12H14BrNO2. The second-order valence-corrected chi connectivity index (χ2v) is 4.38. The smallest absolute Gasteiger partial charge is 0.307 e. The van der Waals surface area contributed by atoms with Crippen molar-refractivity contribution in [3.8, 4) is 0 Å². The Morgan fingerprint density at radius 3 is 3.00 bits per heavy atom. The van der Waals surface area contributed by atoms with Gasteiger partial charge in [-0.3, -0.25) is 9.79 Å². The van der Waals surface area contributed by atoms with Crippen LogP contribution < -0.4 is 0 Å². The van der Waals surface area contributed by atoms with E-state index >= 15 is 0 Å². The number of nitrogens with zero attached hydrogens (tertiary/aromatic N) is 1. The molecule has 0 bridgehead atoms. The summed E-state index contributed by atoms with van der Waals surface area (Å²) in [6, 6.07) is 7.76. The van der Waals surface area contributed by atoms with Crippen LogP contribution in [0.15, 0.2) is 33.7 Å². The monoisotopic (exact) mass is 283 g/mol. The molecule has 0 spiro atoms. The molecule has 0 aliphatic heterocycles. The zero-order valence-electron chi connectivity index (χ0n) is 9.31. The van der Waals surface area contributed by atoms with Gasteiger partial charge in [0, 0.05) is 10.7 Å². The summed E-state index contributed by atoms with van der Waals surface area (Å²) in [6.07, 6.45) is 2.07. The molecule has 0 aromatic heterocycles. The van der Waals surface area contributed by atoms with Crippen molar-refractivity contribution in [3.05, 3.63) is 34.3 Å². The summed E-state index contributed by atoms with van der Waals surface area (Å²) in [6.45, 7) is 1.88. The molecule has 16 heavy (non-hydrogen) atoms. The maximum atomic E-state index is 11.0. The van der Waals surface area contributed by atoms with Gasteiger partial charge < -0.3 is 4.74 Å². The van der Waals surface area contributed by atoms with E-state index in [1.54, 1.807) is 6.21 Å². The lowest BCUT2D eigenvalue weighted by atomic mass is 10.2. The predicted molar refractivity (Wildman–Crippen MR) is 67.8 cm³/mol. The standard InChI is InChI=1S/C12H14BrNO2/c1-9(6-12(15)16-2)14-8-10-4-3-5-11(13)7-10/h3-5,7-9H,6H2,1-2H3. The third-order valence-corrected chi connectivity index (χ3v) is 2.51. The normalized spacial score (nSPS) is 12.7. The number of carbonyl (C=O) groups excluding carboxylic acids is 1. The van der Waals surface area contributed by atoms with Crippen LogP contribution in [0.25, 0.3) is 0 Å². The SMILES string of the molecule is COC(=O)CC(C)N=Cc1cccc(Br)c1. The number of aliphatic imine (C=N–C) groups is 1. The zero-order chi connectivity index (χ0) is 12.0. The molecule has 0 aliphatic rings. The van der Waals surface area contributed by atoms with Crippen LogP contribution in [0.5, 0.6) is 0 Å². The third-order valence-electron chi connectivity index (χ3n) is 2.02. The van der Waals surface area contributed by atoms with E-state index in [-0.39, 0.29) is 12.0 Å². The molecule has 0 aliphatic carbocycles. The lowest BCUT2D eigenvalue weighted by Crippen LogP contribution is -2.09. The van der Waals surface area contributed by atoms with Crippen LogP contribution in [0.4, 0.5) is 0 Å². The van der Waals surface area contributed by atoms with Crippen molar-refractivity contribution in [1.29, 1.82) is 0 Å². The number of rotatable bonds is 4. The number of halogens is 1. The number of carbonyl (C=O) groups is 1. The molecular weight excluding hydrogens is 270 g/mol. The average molecular weight is 284 g/mol. The molecule has 0 saturated heterocycles. The molecule has 0 radical (unpaired) electrons. The van der Waals surface area contributed by atoms with Crippen LogP contribution in [0.3, 0.4) is 0 Å². The fourth-order valence-corrected chi connectivity index (χ4v) is 1.59. The number of hydrogen-bond acceptors (Lipinski definition) is 3. The van der Waals surface area contributed by atoms with Gasteiger partial charge in [0.15, 0.2) is 0 Å². The Kier molecular flexibility index (Phi) is 5.19. The maximum Gasteiger partial charge on any atom is 0.307 e. The van der Waals surface area contributed by atoms with Gasteiger partial charge in [0.1, 0.15) is 0 Å². The first kappa shape index (κ1) is 12.9. The van der Waals surface area contributed by atoms with Gasteiger partial charge in [0.25, 0.3) is 0 Å². The van der Waals surface area contributed by atoms with Gasteiger partial charge in [-0.15, -0.1) is 0 Å². The van der Waals surface area contributed by atoms with E-state index in [0.29, 0.717) is 6.42 Å². The fraction of sp³-hybridized carbons (Fsp3) is 0.333. The fourth-order valence-electron chi connectivity index (χ4n) is 1.18. The molecule has 0 fully saturated rings. The summed E-state index contributed by atoms with van der Waals surface area (Å²) in [5.41, 5.74) is 1.01. The summed E-state index contributed by atoms with van der Waals surface area (Å²) < 4.78 is 5.58. The van der Waals surface area contributed by atoms with Crippen molar-refractivity contribution in [2.75, 3.05) is 7.11 Å². The van der Waals surface area contributed by atoms with Crippen LogP contribution >= 0.6 is 15.9 Å². The first-order chi connectivity index (χ1) is 7.61. The van der Waals surface area contributed by atoms with Crippen LogP contribution in [0, 0.1) is 0 Å². The van der Waals surface area contributed by atoms with E-state index < -0.39 is 0 Å². The number of ether oxygens (including phenoxy) is 1. The van der Waals surface area contributed by atoms with Crippen molar-refractivity contribution in [1.82, 2.24) is 0 Å². The van der Waals surface area contributed by atoms with Gasteiger partial charge >= 0.3 is 5.97 Å². The minimum Gasteiger partial charge on any atom is -0.469 e. The first-order valence-corrected chi connectivity index (χ1v) is 5.76. The topological polar surface area (TPSA) is 38.7 Å². The van der Waals surface area contributed by atoms with E-state index in [4.69, 9.17) is 0 Å². The Labute approximate surface area is 104 Å². The Bertz CT molecular complexity index is 390. The molecule has 4 heteroatoms. The largest absolute Gasteiger partial charge is 0.469 e. The van der Waals surface area contributed by atoms with E-state index in [1.165, 1.54) is 7.11 Å². The quantitative estimate of drug-likeness (QED) is 0.630. The minimum absolute atomic E-state index is 0.0635. The zero-order valence-corrected chi connectivity index (χ0v) is 10.9. The molecule has 0 amide bonds. The highest BCUT2D eigenvalue weighted by Gasteiger charge is 2.06. The molecule has 0 heterocycles. The van der Waals surface area contributed by atoms with Crippen molar-refractivity contribution in [3.63, 3.8) is 0 Å². The van der Waals surface area contributed by atoms with Crippen molar-refractivity contribution >= 4 is 28.1 Å². The van der Waals surface area contributed by atoms with E-state index in [9.17, 15) is 4.79 Å². The van der Waals surface area contributed by atoms with Crippen molar-refractivity contribution in [2.45, 2.75) is 19.4 Å². The van der Waals surface area contributed by atoms with E-state index in [0.717, 1.165) is 10.0 Å². The van der Waals surface area contributed by atoms with Crippen LogP contribution in [-0.2, 0) is 9.53 Å². The highest BCUT2D eigenvalue weighted by atomic mass is 79.9. The molecule has 1 atom stereocenters. The van der Waals surface area contributed by atoms with Gasteiger partial charge in [-0.2, -0.15) is 0 Å². The summed E-state index contributed by atoms with van der Waals surface area (Å²) >= 11 is 3.38. The van der Waals surface area contributed by atoms with Crippen LogP contribution in [-0.4, -0.2) is 25.3 Å². The molecule has 1 aromatic carbocycles. The molecule has 0 N–H and O–H groups in total. The Hall–Kier alpha value is -1.16. The summed E-state index contributed by atoms with van der Waals surface area (Å²) in [5, 5.41) is 0. The number of benzene rings is 1. The first-order valence-electron chi connectivity index (χ1n) is 4.97. The minimum atomic E-state index is -0.237. The van der Waals surface area contributed by atoms with Gasteiger partial charge in [-0.1, -0.05) is 28.1 Å². The molecule has 86 valence electrons. The Morgan fingerprint density at radius 2 is 2.38 bits per heavy atom. The maximum absolute atomic E-state index is 11.0. The molecule has 3 nitrogen and oxygen atoms in total. The number of hydrogen-bond donors (Lipinski definition) is 0. The van der Waals surface area contributed by atoms with Gasteiger partial charge in [-0.05, 0) is 24.6 Å². The third kappa shape index (κ3) is 4.57. The Balaban J connectivity index is 2.56. The molecule has 1 aromatic rings. The molecule has 0 saturated carbocycles. The van der Waals surface area contributed by atoms with Crippen LogP contribution in [0.2, 0.25) is 0 Å². The lowest BCUT2D eigenvalue weighted by Gasteiger charge is -2.03. The average Bonchev–Trinajstić information content (AvgIpc) is 2.26. The second-order valence-electron chi connectivity index (χ2n) is 3.46. The highest BCUT2D eigenvalue weighted by Crippen LogP contribution is 2.10. The van der Waals surface area contributed by atoms with Crippen molar-refractivity contribution < 1.29 is 9.53 Å². The number of methoxy groups -OCH3 is 1. The molecule has 1 unspecified atom stereocenters. The van der Waals surface area contributed by atoms with Gasteiger partial charge in [0.05, 0.1) is 19.6 Å². The molecule has 1 rings (SSSR count). The van der Waals surface area contributed by atoms with E-state index in [1.807, 2.05) is 31.2 Å². The van der Waals surface area contributed by atoms with Gasteiger partial charge in [0.2, 0.25) is 0 Å². The predicted octanol–water partition coefficient (Wildman–Crippen LogP) is 2.82. The van der Waals surface area contributed by atoms with E-state index in [2.05, 4.69) is 25.7 Å². The lowest BCUT2D eigenvalue weighted by molar-refractivity contribution is -0.140.